The smallest absolute Gasteiger partial charge is 0.154 e. The molecule has 0 spiro atoms. The minimum atomic E-state index is -0.359. The van der Waals surface area contributed by atoms with E-state index in [9.17, 15) is 4.39 Å². The van der Waals surface area contributed by atoms with Crippen molar-refractivity contribution < 1.29 is 4.39 Å². The van der Waals surface area contributed by atoms with Gasteiger partial charge in [0.05, 0.1) is 5.69 Å². The maximum atomic E-state index is 13.5. The molecule has 1 rings (SSSR count). The van der Waals surface area contributed by atoms with Crippen molar-refractivity contribution in [3.63, 3.8) is 0 Å². The van der Waals surface area contributed by atoms with Gasteiger partial charge in [0.1, 0.15) is 0 Å². The second kappa shape index (κ2) is 3.65. The molecule has 0 radical (unpaired) electrons. The average molecular weight is 291 g/mol. The van der Waals surface area contributed by atoms with Gasteiger partial charge in [0.15, 0.2) is 5.82 Å². The summed E-state index contributed by atoms with van der Waals surface area (Å²) in [6.07, 6.45) is 0. The first-order valence-corrected chi connectivity index (χ1v) is 4.93. The Morgan fingerprint density at radius 2 is 2.15 bits per heavy atom. The summed E-state index contributed by atoms with van der Waals surface area (Å²) < 4.78 is 14.4. The quantitative estimate of drug-likeness (QED) is 0.623. The lowest BCUT2D eigenvalue weighted by Crippen LogP contribution is -2.00. The summed E-state index contributed by atoms with van der Waals surface area (Å²) in [5, 5.41) is 0. The predicted octanol–water partition coefficient (Wildman–Crippen LogP) is 3.35. The molecule has 0 atom stereocenters. The minimum absolute atomic E-state index is 0.191. The third-order valence-electron chi connectivity index (χ3n) is 1.84. The highest BCUT2D eigenvalue weighted by atomic mass is 127. The van der Waals surface area contributed by atoms with Crippen LogP contribution in [-0.4, -0.2) is 0 Å². The second-order valence-electron chi connectivity index (χ2n) is 3.07. The fourth-order valence-corrected chi connectivity index (χ4v) is 2.03. The number of aryl methyl sites for hydroxylation is 1. The molecule has 1 aromatic carbocycles. The molecule has 0 aliphatic heterocycles. The van der Waals surface area contributed by atoms with Crippen LogP contribution in [0.25, 0.3) is 5.57 Å². The summed E-state index contributed by atoms with van der Waals surface area (Å²) >= 11 is 2.11. The highest BCUT2D eigenvalue weighted by molar-refractivity contribution is 14.1. The molecule has 1 aromatic rings. The van der Waals surface area contributed by atoms with E-state index in [1.54, 1.807) is 13.0 Å². The molecule has 0 aromatic heterocycles. The molecule has 0 saturated heterocycles. The van der Waals surface area contributed by atoms with E-state index < -0.39 is 0 Å². The van der Waals surface area contributed by atoms with Crippen molar-refractivity contribution in [2.24, 2.45) is 0 Å². The lowest BCUT2D eigenvalue weighted by Gasteiger charge is -2.10. The Labute approximate surface area is 91.0 Å². The molecule has 0 fully saturated rings. The first kappa shape index (κ1) is 10.5. The fourth-order valence-electron chi connectivity index (χ4n) is 1.17. The van der Waals surface area contributed by atoms with Crippen LogP contribution < -0.4 is 5.73 Å². The summed E-state index contributed by atoms with van der Waals surface area (Å²) in [5.74, 6) is -0.359. The fraction of sp³-hybridized carbons (Fsp3) is 0.200. The van der Waals surface area contributed by atoms with Gasteiger partial charge >= 0.3 is 0 Å². The summed E-state index contributed by atoms with van der Waals surface area (Å²) in [6, 6.07) is 1.64. The van der Waals surface area contributed by atoms with Gasteiger partial charge in [0, 0.05) is 9.13 Å². The Morgan fingerprint density at radius 1 is 1.62 bits per heavy atom. The number of anilines is 1. The molecule has 1 nitrogen and oxygen atoms in total. The molecular formula is C10H11FIN. The van der Waals surface area contributed by atoms with Crippen LogP contribution in [0.15, 0.2) is 12.6 Å². The highest BCUT2D eigenvalue weighted by Crippen LogP contribution is 2.29. The normalized spacial score (nSPS) is 10.2. The maximum Gasteiger partial charge on any atom is 0.154 e. The Morgan fingerprint density at radius 3 is 2.62 bits per heavy atom. The molecule has 2 N–H and O–H groups in total. The zero-order valence-electron chi connectivity index (χ0n) is 7.62. The van der Waals surface area contributed by atoms with Gasteiger partial charge < -0.3 is 5.73 Å². The topological polar surface area (TPSA) is 26.0 Å². The Kier molecular flexibility index (Phi) is 2.95. The van der Waals surface area contributed by atoms with Crippen LogP contribution in [-0.2, 0) is 0 Å². The number of hydrogen-bond donors (Lipinski definition) is 1. The van der Waals surface area contributed by atoms with E-state index in [1.807, 2.05) is 6.92 Å². The Balaban J connectivity index is 3.56. The third-order valence-corrected chi connectivity index (χ3v) is 3.23. The zero-order chi connectivity index (χ0) is 10.2. The van der Waals surface area contributed by atoms with E-state index in [0.29, 0.717) is 11.1 Å². The molecule has 0 unspecified atom stereocenters. The van der Waals surface area contributed by atoms with Crippen molar-refractivity contribution in [3.05, 3.63) is 33.2 Å². The monoisotopic (exact) mass is 291 g/mol. The molecule has 0 saturated carbocycles. The van der Waals surface area contributed by atoms with E-state index in [4.69, 9.17) is 5.73 Å². The van der Waals surface area contributed by atoms with E-state index in [1.165, 1.54) is 0 Å². The molecule has 0 bridgehead atoms. The van der Waals surface area contributed by atoms with Gasteiger partial charge in [0.2, 0.25) is 0 Å². The predicted molar refractivity (Wildman–Crippen MR) is 63.0 cm³/mol. The summed E-state index contributed by atoms with van der Waals surface area (Å²) in [5.41, 5.74) is 7.93. The standard InChI is InChI=1S/C10H11FIN/c1-5(2)8-9(11)7(13)4-6(3)10(8)12/h4H,1,13H2,2-3H3. The number of allylic oxidation sites excluding steroid dienone is 1. The molecule has 0 aliphatic carbocycles. The van der Waals surface area contributed by atoms with E-state index >= 15 is 0 Å². The van der Waals surface area contributed by atoms with Crippen LogP contribution in [0.2, 0.25) is 0 Å². The van der Waals surface area contributed by atoms with Crippen molar-refractivity contribution in [1.82, 2.24) is 0 Å². The molecule has 3 heteroatoms. The van der Waals surface area contributed by atoms with Crippen LogP contribution in [0.5, 0.6) is 0 Å². The number of hydrogen-bond acceptors (Lipinski definition) is 1. The maximum absolute atomic E-state index is 13.5. The van der Waals surface area contributed by atoms with Gasteiger partial charge in [-0.15, -0.1) is 0 Å². The first-order chi connectivity index (χ1) is 5.95. The van der Waals surface area contributed by atoms with Crippen molar-refractivity contribution in [3.8, 4) is 0 Å². The highest BCUT2D eigenvalue weighted by Gasteiger charge is 2.13. The SMILES string of the molecule is C=C(C)c1c(F)c(N)cc(C)c1I. The van der Waals surface area contributed by atoms with Crippen molar-refractivity contribution in [2.75, 3.05) is 5.73 Å². The van der Waals surface area contributed by atoms with Gasteiger partial charge in [-0.3, -0.25) is 0 Å². The summed E-state index contributed by atoms with van der Waals surface area (Å²) in [4.78, 5) is 0. The van der Waals surface area contributed by atoms with Crippen LogP contribution in [0, 0.1) is 16.3 Å². The van der Waals surface area contributed by atoms with E-state index in [2.05, 4.69) is 29.2 Å². The second-order valence-corrected chi connectivity index (χ2v) is 4.14. The van der Waals surface area contributed by atoms with E-state index in [0.717, 1.165) is 9.13 Å². The minimum Gasteiger partial charge on any atom is -0.396 e. The first-order valence-electron chi connectivity index (χ1n) is 3.85. The van der Waals surface area contributed by atoms with Crippen molar-refractivity contribution in [2.45, 2.75) is 13.8 Å². The van der Waals surface area contributed by atoms with Crippen LogP contribution in [0.1, 0.15) is 18.1 Å². The number of benzene rings is 1. The average Bonchev–Trinajstić information content (AvgIpc) is 2.01. The summed E-state index contributed by atoms with van der Waals surface area (Å²) in [6.45, 7) is 7.41. The Bertz CT molecular complexity index is 345. The van der Waals surface area contributed by atoms with Crippen LogP contribution in [0.4, 0.5) is 10.1 Å². The number of halogens is 2. The molecule has 0 amide bonds. The Hall–Kier alpha value is -0.580. The molecule has 0 heterocycles. The number of rotatable bonds is 1. The van der Waals surface area contributed by atoms with Crippen LogP contribution >= 0.6 is 22.6 Å². The largest absolute Gasteiger partial charge is 0.396 e. The lowest BCUT2D eigenvalue weighted by atomic mass is 10.0. The van der Waals surface area contributed by atoms with Gasteiger partial charge in [-0.2, -0.15) is 0 Å². The van der Waals surface area contributed by atoms with Gasteiger partial charge in [-0.25, -0.2) is 4.39 Å². The van der Waals surface area contributed by atoms with Gasteiger partial charge in [-0.1, -0.05) is 6.58 Å². The number of nitrogen functional groups attached to an aromatic ring is 1. The van der Waals surface area contributed by atoms with Crippen molar-refractivity contribution >= 4 is 33.9 Å². The third kappa shape index (κ3) is 1.85. The molecular weight excluding hydrogens is 280 g/mol. The summed E-state index contributed by atoms with van der Waals surface area (Å²) in [7, 11) is 0. The molecule has 70 valence electrons. The lowest BCUT2D eigenvalue weighted by molar-refractivity contribution is 0.627. The van der Waals surface area contributed by atoms with Gasteiger partial charge in [-0.05, 0) is 53.6 Å². The van der Waals surface area contributed by atoms with Crippen molar-refractivity contribution in [1.29, 1.82) is 0 Å². The molecule has 0 aliphatic rings. The van der Waals surface area contributed by atoms with E-state index in [-0.39, 0.29) is 11.5 Å². The van der Waals surface area contributed by atoms with Crippen LogP contribution in [0.3, 0.4) is 0 Å². The number of nitrogens with two attached hydrogens (primary N) is 1. The zero-order valence-corrected chi connectivity index (χ0v) is 9.78. The molecule has 13 heavy (non-hydrogen) atoms. The van der Waals surface area contributed by atoms with Gasteiger partial charge in [0.25, 0.3) is 0 Å².